The standard InChI is InChI=1S/C15H13N5O4S2/c1-25-15-18-13(11(6-16)14(19-15)26-8-12(17)21)24-7-9-2-4-10(5-3-9)20(22)23/h2-5H,7-8H2,1H3,(H2,17,21). The molecule has 9 nitrogen and oxygen atoms in total. The SMILES string of the molecule is CSc1nc(OCc2ccc([N+](=O)[O-])cc2)c(C#N)c(SCC(N)=O)n1. The molecule has 0 bridgehead atoms. The van der Waals surface area contributed by atoms with Gasteiger partial charge in [0.25, 0.3) is 5.69 Å². The number of amides is 1. The van der Waals surface area contributed by atoms with E-state index in [0.717, 1.165) is 11.8 Å². The summed E-state index contributed by atoms with van der Waals surface area (Å²) in [5.74, 6) is -0.477. The van der Waals surface area contributed by atoms with Crippen LogP contribution in [0.25, 0.3) is 0 Å². The maximum absolute atomic E-state index is 11.0. The van der Waals surface area contributed by atoms with Gasteiger partial charge in [-0.25, -0.2) is 4.98 Å². The first-order valence-corrected chi connectivity index (χ1v) is 9.29. The fourth-order valence-electron chi connectivity index (χ4n) is 1.80. The minimum absolute atomic E-state index is 0.0247. The molecule has 2 aromatic rings. The van der Waals surface area contributed by atoms with Gasteiger partial charge in [-0.15, -0.1) is 0 Å². The normalized spacial score (nSPS) is 10.2. The first kappa shape index (κ1) is 19.5. The van der Waals surface area contributed by atoms with E-state index < -0.39 is 10.8 Å². The van der Waals surface area contributed by atoms with Crippen molar-refractivity contribution in [2.45, 2.75) is 16.8 Å². The van der Waals surface area contributed by atoms with Crippen LogP contribution >= 0.6 is 23.5 Å². The van der Waals surface area contributed by atoms with E-state index in [9.17, 15) is 20.2 Å². The van der Waals surface area contributed by atoms with Crippen molar-refractivity contribution in [3.8, 4) is 11.9 Å². The second-order valence-corrected chi connectivity index (χ2v) is 6.51. The number of non-ortho nitro benzene ring substituents is 1. The lowest BCUT2D eigenvalue weighted by molar-refractivity contribution is -0.384. The van der Waals surface area contributed by atoms with Crippen LogP contribution in [0, 0.1) is 21.4 Å². The molecule has 11 heteroatoms. The Morgan fingerprint density at radius 3 is 2.62 bits per heavy atom. The molecule has 0 radical (unpaired) electrons. The number of primary amides is 1. The van der Waals surface area contributed by atoms with E-state index in [-0.39, 0.29) is 29.5 Å². The Hall–Kier alpha value is -2.84. The van der Waals surface area contributed by atoms with E-state index in [2.05, 4.69) is 9.97 Å². The predicted octanol–water partition coefficient (Wildman–Crippen LogP) is 2.13. The van der Waals surface area contributed by atoms with Gasteiger partial charge in [0.15, 0.2) is 5.16 Å². The van der Waals surface area contributed by atoms with E-state index in [0.29, 0.717) is 15.7 Å². The summed E-state index contributed by atoms with van der Waals surface area (Å²) < 4.78 is 5.62. The van der Waals surface area contributed by atoms with Crippen molar-refractivity contribution in [3.05, 3.63) is 45.5 Å². The Bertz CT molecular complexity index is 868. The van der Waals surface area contributed by atoms with Gasteiger partial charge in [-0.3, -0.25) is 14.9 Å². The molecular weight excluding hydrogens is 378 g/mol. The van der Waals surface area contributed by atoms with Gasteiger partial charge in [-0.2, -0.15) is 10.2 Å². The fourth-order valence-corrected chi connectivity index (χ4v) is 2.92. The van der Waals surface area contributed by atoms with E-state index in [1.807, 2.05) is 6.07 Å². The maximum Gasteiger partial charge on any atom is 0.269 e. The highest BCUT2D eigenvalue weighted by atomic mass is 32.2. The van der Waals surface area contributed by atoms with Crippen LogP contribution < -0.4 is 10.5 Å². The number of nitrogens with two attached hydrogens (primary N) is 1. The Morgan fingerprint density at radius 1 is 1.38 bits per heavy atom. The molecule has 2 rings (SSSR count). The lowest BCUT2D eigenvalue weighted by Gasteiger charge is -2.10. The molecule has 0 saturated heterocycles. The molecule has 0 saturated carbocycles. The first-order valence-electron chi connectivity index (χ1n) is 7.08. The van der Waals surface area contributed by atoms with Crippen molar-refractivity contribution < 1.29 is 14.5 Å². The maximum atomic E-state index is 11.0. The average Bonchev–Trinajstić information content (AvgIpc) is 2.64. The predicted molar refractivity (Wildman–Crippen MR) is 95.9 cm³/mol. The number of thioether (sulfide) groups is 2. The highest BCUT2D eigenvalue weighted by Crippen LogP contribution is 2.29. The third-order valence-electron chi connectivity index (χ3n) is 2.99. The smallest absolute Gasteiger partial charge is 0.269 e. The van der Waals surface area contributed by atoms with E-state index >= 15 is 0 Å². The second kappa shape index (κ2) is 9.02. The minimum atomic E-state index is -0.531. The summed E-state index contributed by atoms with van der Waals surface area (Å²) in [5.41, 5.74) is 5.90. The zero-order valence-corrected chi connectivity index (χ0v) is 15.2. The zero-order valence-electron chi connectivity index (χ0n) is 13.5. The van der Waals surface area contributed by atoms with E-state index in [1.165, 1.54) is 23.9 Å². The summed E-state index contributed by atoms with van der Waals surface area (Å²) in [4.78, 5) is 29.6. The van der Waals surface area contributed by atoms with Crippen molar-refractivity contribution in [3.63, 3.8) is 0 Å². The Kier molecular flexibility index (Phi) is 6.76. The third-order valence-corrected chi connectivity index (χ3v) is 4.54. The topological polar surface area (TPSA) is 145 Å². The van der Waals surface area contributed by atoms with Gasteiger partial charge >= 0.3 is 0 Å². The number of ether oxygens (including phenoxy) is 1. The van der Waals surface area contributed by atoms with Crippen LogP contribution in [0.3, 0.4) is 0 Å². The van der Waals surface area contributed by atoms with Gasteiger partial charge in [0.2, 0.25) is 11.8 Å². The van der Waals surface area contributed by atoms with Crippen molar-refractivity contribution in [2.75, 3.05) is 12.0 Å². The molecule has 2 N–H and O–H groups in total. The molecule has 0 fully saturated rings. The van der Waals surface area contributed by atoms with Gasteiger partial charge in [0.05, 0.1) is 10.7 Å². The highest BCUT2D eigenvalue weighted by Gasteiger charge is 2.17. The monoisotopic (exact) mass is 391 g/mol. The summed E-state index contributed by atoms with van der Waals surface area (Å²) in [6.45, 7) is 0.0669. The number of benzene rings is 1. The van der Waals surface area contributed by atoms with Crippen molar-refractivity contribution in [1.82, 2.24) is 9.97 Å². The Labute approximate surface area is 157 Å². The number of carbonyl (C=O) groups excluding carboxylic acids is 1. The van der Waals surface area contributed by atoms with Crippen LogP contribution in [0.5, 0.6) is 5.88 Å². The number of nitrogens with zero attached hydrogens (tertiary/aromatic N) is 4. The molecule has 26 heavy (non-hydrogen) atoms. The van der Waals surface area contributed by atoms with Gasteiger partial charge in [0, 0.05) is 12.1 Å². The summed E-state index contributed by atoms with van der Waals surface area (Å²) in [5, 5.41) is 20.8. The summed E-state index contributed by atoms with van der Waals surface area (Å²) in [6.07, 6.45) is 1.77. The number of carbonyl (C=O) groups is 1. The quantitative estimate of drug-likeness (QED) is 0.235. The lowest BCUT2D eigenvalue weighted by Crippen LogP contribution is -2.13. The van der Waals surface area contributed by atoms with E-state index in [4.69, 9.17) is 10.5 Å². The molecule has 1 aromatic heterocycles. The van der Waals surface area contributed by atoms with Crippen molar-refractivity contribution >= 4 is 35.1 Å². The first-order chi connectivity index (χ1) is 12.4. The highest BCUT2D eigenvalue weighted by molar-refractivity contribution is 8.00. The van der Waals surface area contributed by atoms with Crippen molar-refractivity contribution in [1.29, 1.82) is 5.26 Å². The molecule has 0 aliphatic rings. The summed E-state index contributed by atoms with van der Waals surface area (Å²) in [6, 6.07) is 7.83. The number of aromatic nitrogens is 2. The summed E-state index contributed by atoms with van der Waals surface area (Å²) >= 11 is 2.30. The molecule has 0 unspecified atom stereocenters. The van der Waals surface area contributed by atoms with Gasteiger partial charge in [0.1, 0.15) is 23.3 Å². The Balaban J connectivity index is 2.24. The largest absolute Gasteiger partial charge is 0.472 e. The van der Waals surface area contributed by atoms with Crippen LogP contribution in [0.2, 0.25) is 0 Å². The summed E-state index contributed by atoms with van der Waals surface area (Å²) in [7, 11) is 0. The third kappa shape index (κ3) is 5.08. The molecule has 1 heterocycles. The van der Waals surface area contributed by atoms with Crippen LogP contribution in [0.1, 0.15) is 11.1 Å². The Morgan fingerprint density at radius 2 is 2.08 bits per heavy atom. The van der Waals surface area contributed by atoms with Crippen LogP contribution in [0.15, 0.2) is 34.4 Å². The van der Waals surface area contributed by atoms with Crippen LogP contribution in [-0.4, -0.2) is 32.8 Å². The fraction of sp³-hybridized carbons (Fsp3) is 0.200. The number of nitro groups is 1. The van der Waals surface area contributed by atoms with E-state index in [1.54, 1.807) is 18.4 Å². The lowest BCUT2D eigenvalue weighted by atomic mass is 10.2. The van der Waals surface area contributed by atoms with Gasteiger partial charge < -0.3 is 10.5 Å². The zero-order chi connectivity index (χ0) is 19.1. The number of nitro benzene ring substituents is 1. The molecular formula is C15H13N5O4S2. The molecule has 0 atom stereocenters. The van der Waals surface area contributed by atoms with Gasteiger partial charge in [-0.1, -0.05) is 23.5 Å². The van der Waals surface area contributed by atoms with Gasteiger partial charge in [-0.05, 0) is 24.0 Å². The molecule has 1 amide bonds. The number of nitriles is 1. The molecule has 0 spiro atoms. The van der Waals surface area contributed by atoms with Crippen molar-refractivity contribution in [2.24, 2.45) is 5.73 Å². The number of rotatable bonds is 8. The molecule has 0 aliphatic carbocycles. The second-order valence-electron chi connectivity index (χ2n) is 4.77. The number of hydrogen-bond acceptors (Lipinski definition) is 9. The average molecular weight is 391 g/mol. The molecule has 134 valence electrons. The molecule has 0 aliphatic heterocycles. The van der Waals surface area contributed by atoms with Crippen LogP contribution in [-0.2, 0) is 11.4 Å². The number of hydrogen-bond donors (Lipinski definition) is 1. The minimum Gasteiger partial charge on any atom is -0.472 e. The van der Waals surface area contributed by atoms with Crippen LogP contribution in [0.4, 0.5) is 5.69 Å². The molecule has 1 aromatic carbocycles.